The van der Waals surface area contributed by atoms with Gasteiger partial charge >= 0.3 is 5.97 Å². The molecular weight excluding hydrogens is 206 g/mol. The van der Waals surface area contributed by atoms with Gasteiger partial charge < -0.3 is 10.1 Å². The van der Waals surface area contributed by atoms with Gasteiger partial charge in [0.2, 0.25) is 5.91 Å². The summed E-state index contributed by atoms with van der Waals surface area (Å²) in [6, 6.07) is 6.99. The van der Waals surface area contributed by atoms with Gasteiger partial charge in [0.1, 0.15) is 5.75 Å². The summed E-state index contributed by atoms with van der Waals surface area (Å²) in [5.41, 5.74) is 0.897. The van der Waals surface area contributed by atoms with E-state index in [-0.39, 0.29) is 17.9 Å². The molecule has 1 atom stereocenters. The molecule has 0 fully saturated rings. The van der Waals surface area contributed by atoms with E-state index in [1.54, 1.807) is 18.2 Å². The van der Waals surface area contributed by atoms with Crippen LogP contribution in [0.2, 0.25) is 0 Å². The number of hydrogen-bond donors (Lipinski definition) is 1. The van der Waals surface area contributed by atoms with Crippen molar-refractivity contribution in [2.75, 3.05) is 0 Å². The summed E-state index contributed by atoms with van der Waals surface area (Å²) in [7, 11) is 0. The van der Waals surface area contributed by atoms with Crippen molar-refractivity contribution < 1.29 is 14.3 Å². The Bertz CT molecular complexity index is 401. The molecule has 4 nitrogen and oxygen atoms in total. The van der Waals surface area contributed by atoms with Crippen LogP contribution in [-0.2, 0) is 9.59 Å². The first kappa shape index (κ1) is 12.2. The number of nitrogens with one attached hydrogen (secondary N) is 1. The number of amides is 1. The molecule has 0 radical (unpaired) electrons. The van der Waals surface area contributed by atoms with E-state index in [4.69, 9.17) is 4.74 Å². The van der Waals surface area contributed by atoms with E-state index in [1.165, 1.54) is 13.8 Å². The van der Waals surface area contributed by atoms with Crippen molar-refractivity contribution in [2.24, 2.45) is 0 Å². The monoisotopic (exact) mass is 221 g/mol. The van der Waals surface area contributed by atoms with E-state index in [0.29, 0.717) is 5.75 Å². The first-order chi connectivity index (χ1) is 7.49. The third kappa shape index (κ3) is 3.73. The molecule has 0 aliphatic carbocycles. The smallest absolute Gasteiger partial charge is 0.308 e. The highest BCUT2D eigenvalue weighted by Gasteiger charge is 2.07. The number of carbonyl (C=O) groups is 2. The van der Waals surface area contributed by atoms with Gasteiger partial charge in [-0.15, -0.1) is 0 Å². The fourth-order valence-corrected chi connectivity index (χ4v) is 1.40. The van der Waals surface area contributed by atoms with E-state index in [9.17, 15) is 9.59 Å². The minimum atomic E-state index is -0.357. The molecule has 16 heavy (non-hydrogen) atoms. The SMILES string of the molecule is CC(=O)N[C@H](C)c1cccc(OC(C)=O)c1. The van der Waals surface area contributed by atoms with Gasteiger partial charge in [-0.1, -0.05) is 12.1 Å². The van der Waals surface area contributed by atoms with Crippen LogP contribution < -0.4 is 10.1 Å². The number of benzene rings is 1. The van der Waals surface area contributed by atoms with Gasteiger partial charge in [0.05, 0.1) is 6.04 Å². The molecule has 0 unspecified atom stereocenters. The minimum absolute atomic E-state index is 0.0922. The molecule has 1 rings (SSSR count). The highest BCUT2D eigenvalue weighted by molar-refractivity contribution is 5.73. The van der Waals surface area contributed by atoms with Gasteiger partial charge in [0, 0.05) is 13.8 Å². The van der Waals surface area contributed by atoms with Gasteiger partial charge in [-0.3, -0.25) is 9.59 Å². The summed E-state index contributed by atoms with van der Waals surface area (Å²) >= 11 is 0. The molecule has 86 valence electrons. The standard InChI is InChI=1S/C12H15NO3/c1-8(13-9(2)14)11-5-4-6-12(7-11)16-10(3)15/h4-8H,1-3H3,(H,13,14)/t8-/m1/s1. The zero-order chi connectivity index (χ0) is 12.1. The zero-order valence-electron chi connectivity index (χ0n) is 9.61. The predicted octanol–water partition coefficient (Wildman–Crippen LogP) is 1.81. The normalized spacial score (nSPS) is 11.7. The lowest BCUT2D eigenvalue weighted by Gasteiger charge is -2.13. The molecule has 0 saturated carbocycles. The van der Waals surface area contributed by atoms with E-state index in [1.807, 2.05) is 13.0 Å². The van der Waals surface area contributed by atoms with Crippen LogP contribution in [0, 0.1) is 0 Å². The lowest BCUT2D eigenvalue weighted by Crippen LogP contribution is -2.23. The number of rotatable bonds is 3. The zero-order valence-corrected chi connectivity index (χ0v) is 9.61. The van der Waals surface area contributed by atoms with E-state index in [0.717, 1.165) is 5.56 Å². The highest BCUT2D eigenvalue weighted by Crippen LogP contribution is 2.19. The van der Waals surface area contributed by atoms with Crippen LogP contribution in [0.15, 0.2) is 24.3 Å². The quantitative estimate of drug-likeness (QED) is 0.625. The van der Waals surface area contributed by atoms with E-state index >= 15 is 0 Å². The van der Waals surface area contributed by atoms with Crippen LogP contribution in [0.25, 0.3) is 0 Å². The molecule has 0 aliphatic rings. The molecule has 0 aromatic heterocycles. The summed E-state index contributed by atoms with van der Waals surface area (Å²) < 4.78 is 4.96. The minimum Gasteiger partial charge on any atom is -0.427 e. The summed E-state index contributed by atoms with van der Waals surface area (Å²) in [6.45, 7) is 4.69. The van der Waals surface area contributed by atoms with E-state index in [2.05, 4.69) is 5.32 Å². The average Bonchev–Trinajstić information content (AvgIpc) is 2.16. The van der Waals surface area contributed by atoms with Crippen LogP contribution in [0.1, 0.15) is 32.4 Å². The number of hydrogen-bond acceptors (Lipinski definition) is 3. The first-order valence-electron chi connectivity index (χ1n) is 5.04. The van der Waals surface area contributed by atoms with Crippen LogP contribution in [0.5, 0.6) is 5.75 Å². The maximum Gasteiger partial charge on any atom is 0.308 e. The van der Waals surface area contributed by atoms with Crippen LogP contribution in [0.4, 0.5) is 0 Å². The van der Waals surface area contributed by atoms with Crippen molar-refractivity contribution >= 4 is 11.9 Å². The maximum absolute atomic E-state index is 10.9. The van der Waals surface area contributed by atoms with E-state index < -0.39 is 0 Å². The van der Waals surface area contributed by atoms with Crippen molar-refractivity contribution in [3.63, 3.8) is 0 Å². The molecule has 1 N–H and O–H groups in total. The van der Waals surface area contributed by atoms with Gasteiger partial charge in [-0.05, 0) is 24.6 Å². The summed E-state index contributed by atoms with van der Waals surface area (Å²) in [5.74, 6) is 0.0388. The fraction of sp³-hybridized carbons (Fsp3) is 0.333. The second kappa shape index (κ2) is 5.30. The Morgan fingerprint density at radius 2 is 2.00 bits per heavy atom. The Balaban J connectivity index is 2.80. The highest BCUT2D eigenvalue weighted by atomic mass is 16.5. The van der Waals surface area contributed by atoms with Gasteiger partial charge in [-0.25, -0.2) is 0 Å². The molecule has 0 heterocycles. The molecule has 1 aromatic carbocycles. The maximum atomic E-state index is 10.9. The molecule has 1 aromatic rings. The number of carbonyl (C=O) groups excluding carboxylic acids is 2. The molecule has 0 spiro atoms. The Labute approximate surface area is 94.6 Å². The molecule has 0 aliphatic heterocycles. The van der Waals surface area contributed by atoms with Gasteiger partial charge in [-0.2, -0.15) is 0 Å². The molecule has 4 heteroatoms. The van der Waals surface area contributed by atoms with Crippen molar-refractivity contribution in [1.29, 1.82) is 0 Å². The van der Waals surface area contributed by atoms with Crippen LogP contribution in [0.3, 0.4) is 0 Å². The molecule has 0 bridgehead atoms. The Morgan fingerprint density at radius 3 is 2.56 bits per heavy atom. The second-order valence-corrected chi connectivity index (χ2v) is 3.59. The fourth-order valence-electron chi connectivity index (χ4n) is 1.40. The second-order valence-electron chi connectivity index (χ2n) is 3.59. The van der Waals surface area contributed by atoms with Crippen molar-refractivity contribution in [3.05, 3.63) is 29.8 Å². The van der Waals surface area contributed by atoms with Gasteiger partial charge in [0.15, 0.2) is 0 Å². The Morgan fingerprint density at radius 1 is 1.31 bits per heavy atom. The first-order valence-corrected chi connectivity index (χ1v) is 5.04. The van der Waals surface area contributed by atoms with Crippen LogP contribution in [-0.4, -0.2) is 11.9 Å². The lowest BCUT2D eigenvalue weighted by molar-refractivity contribution is -0.131. The Hall–Kier alpha value is -1.84. The summed E-state index contributed by atoms with van der Waals surface area (Å²) in [5, 5.41) is 2.76. The average molecular weight is 221 g/mol. The van der Waals surface area contributed by atoms with Gasteiger partial charge in [0.25, 0.3) is 0 Å². The van der Waals surface area contributed by atoms with Crippen LogP contribution >= 0.6 is 0 Å². The predicted molar refractivity (Wildman–Crippen MR) is 60.0 cm³/mol. The number of ether oxygens (including phenoxy) is 1. The molecule has 1 amide bonds. The van der Waals surface area contributed by atoms with Crippen molar-refractivity contribution in [1.82, 2.24) is 5.32 Å². The molecular formula is C12H15NO3. The summed E-state index contributed by atoms with van der Waals surface area (Å²) in [4.78, 5) is 21.7. The summed E-state index contributed by atoms with van der Waals surface area (Å²) in [6.07, 6.45) is 0. The topological polar surface area (TPSA) is 55.4 Å². The lowest BCUT2D eigenvalue weighted by atomic mass is 10.1. The van der Waals surface area contributed by atoms with Crippen molar-refractivity contribution in [3.8, 4) is 5.75 Å². The number of esters is 1. The third-order valence-corrected chi connectivity index (χ3v) is 2.04. The molecule has 0 saturated heterocycles. The van der Waals surface area contributed by atoms with Crippen molar-refractivity contribution in [2.45, 2.75) is 26.8 Å². The third-order valence-electron chi connectivity index (χ3n) is 2.04. The Kier molecular flexibility index (Phi) is 4.05. The largest absolute Gasteiger partial charge is 0.427 e.